The molecule has 0 saturated carbocycles. The van der Waals surface area contributed by atoms with Crippen molar-refractivity contribution in [2.24, 2.45) is 0 Å². The summed E-state index contributed by atoms with van der Waals surface area (Å²) < 4.78 is 39.5. The summed E-state index contributed by atoms with van der Waals surface area (Å²) in [5.74, 6) is -0.608. The Morgan fingerprint density at radius 3 is 2.50 bits per heavy atom. The lowest BCUT2D eigenvalue weighted by Crippen LogP contribution is -2.04. The first-order valence-corrected chi connectivity index (χ1v) is 8.19. The van der Waals surface area contributed by atoms with Gasteiger partial charge in [0, 0.05) is 18.2 Å². The molecule has 0 unspecified atom stereocenters. The van der Waals surface area contributed by atoms with Crippen molar-refractivity contribution in [2.75, 3.05) is 6.61 Å². The third-order valence-electron chi connectivity index (χ3n) is 3.42. The molecule has 148 valence electrons. The van der Waals surface area contributed by atoms with Crippen molar-refractivity contribution in [1.29, 1.82) is 0 Å². The number of carbonyl (C=O) groups excluding carboxylic acids is 1. The van der Waals surface area contributed by atoms with E-state index in [2.05, 4.69) is 4.74 Å². The van der Waals surface area contributed by atoms with Gasteiger partial charge in [-0.05, 0) is 48.4 Å². The summed E-state index contributed by atoms with van der Waals surface area (Å²) in [6, 6.07) is 9.88. The van der Waals surface area contributed by atoms with Gasteiger partial charge in [0.1, 0.15) is 6.61 Å². The van der Waals surface area contributed by atoms with E-state index in [4.69, 9.17) is 9.47 Å². The second-order valence-electron chi connectivity index (χ2n) is 5.38. The molecule has 0 fully saturated rings. The molecular formula is C19H17F2NO6. The van der Waals surface area contributed by atoms with Gasteiger partial charge in [-0.25, -0.2) is 4.79 Å². The molecule has 0 aliphatic heterocycles. The largest absolute Gasteiger partial charge is 0.490 e. The molecular weight excluding hydrogens is 376 g/mol. The Morgan fingerprint density at radius 2 is 1.89 bits per heavy atom. The number of benzene rings is 2. The summed E-state index contributed by atoms with van der Waals surface area (Å²) >= 11 is 0. The molecule has 0 spiro atoms. The topological polar surface area (TPSA) is 87.9 Å². The lowest BCUT2D eigenvalue weighted by Gasteiger charge is -2.11. The van der Waals surface area contributed by atoms with Crippen LogP contribution in [-0.2, 0) is 16.1 Å². The van der Waals surface area contributed by atoms with Crippen LogP contribution >= 0.6 is 0 Å². The van der Waals surface area contributed by atoms with Crippen molar-refractivity contribution in [2.45, 2.75) is 20.1 Å². The number of halogens is 2. The standard InChI is InChI=1S/C19H17F2NO6/c1-2-26-17-11-13(5-9-16(17)28-19(20)21)6-10-18(23)27-12-14-3-7-15(8-4-14)22(24)25/h3-11,19H,2,12H2,1H3/b10-6+. The van der Waals surface area contributed by atoms with Crippen molar-refractivity contribution in [3.63, 3.8) is 0 Å². The average molecular weight is 393 g/mol. The van der Waals surface area contributed by atoms with Gasteiger partial charge in [0.15, 0.2) is 11.5 Å². The third kappa shape index (κ3) is 6.35. The van der Waals surface area contributed by atoms with Gasteiger partial charge in [-0.1, -0.05) is 6.07 Å². The van der Waals surface area contributed by atoms with Gasteiger partial charge in [0.05, 0.1) is 11.5 Å². The summed E-state index contributed by atoms with van der Waals surface area (Å²) in [6.07, 6.45) is 2.61. The number of hydrogen-bond acceptors (Lipinski definition) is 6. The molecule has 2 aromatic rings. The van der Waals surface area contributed by atoms with E-state index in [1.54, 1.807) is 6.92 Å². The molecule has 2 rings (SSSR count). The van der Waals surface area contributed by atoms with Crippen LogP contribution in [0.4, 0.5) is 14.5 Å². The highest BCUT2D eigenvalue weighted by molar-refractivity contribution is 5.87. The molecule has 0 aromatic heterocycles. The summed E-state index contributed by atoms with van der Waals surface area (Å²) in [5, 5.41) is 10.6. The zero-order valence-electron chi connectivity index (χ0n) is 14.8. The average Bonchev–Trinajstić information content (AvgIpc) is 2.66. The van der Waals surface area contributed by atoms with Crippen molar-refractivity contribution in [1.82, 2.24) is 0 Å². The number of ether oxygens (including phenoxy) is 3. The number of rotatable bonds is 9. The number of nitro benzene ring substituents is 1. The van der Waals surface area contributed by atoms with E-state index < -0.39 is 17.5 Å². The monoisotopic (exact) mass is 393 g/mol. The summed E-state index contributed by atoms with van der Waals surface area (Å²) in [5.41, 5.74) is 1.07. The van der Waals surface area contributed by atoms with Crippen LogP contribution in [0.2, 0.25) is 0 Å². The predicted molar refractivity (Wildman–Crippen MR) is 96.2 cm³/mol. The van der Waals surface area contributed by atoms with Crippen LogP contribution in [0.25, 0.3) is 6.08 Å². The maximum atomic E-state index is 12.4. The van der Waals surface area contributed by atoms with E-state index in [1.165, 1.54) is 54.6 Å². The lowest BCUT2D eigenvalue weighted by atomic mass is 10.2. The molecule has 0 saturated heterocycles. The Kier molecular flexibility index (Phi) is 7.44. The number of non-ortho nitro benzene ring substituents is 1. The Hall–Kier alpha value is -3.49. The van der Waals surface area contributed by atoms with Crippen LogP contribution in [0.15, 0.2) is 48.5 Å². The van der Waals surface area contributed by atoms with E-state index in [-0.39, 0.29) is 30.4 Å². The number of alkyl halides is 2. The van der Waals surface area contributed by atoms with Gasteiger partial charge in [-0.3, -0.25) is 10.1 Å². The van der Waals surface area contributed by atoms with E-state index >= 15 is 0 Å². The summed E-state index contributed by atoms with van der Waals surface area (Å²) in [7, 11) is 0. The molecule has 28 heavy (non-hydrogen) atoms. The van der Waals surface area contributed by atoms with Crippen LogP contribution in [-0.4, -0.2) is 24.1 Å². The Morgan fingerprint density at radius 1 is 1.18 bits per heavy atom. The van der Waals surface area contributed by atoms with Gasteiger partial charge in [0.25, 0.3) is 5.69 Å². The highest BCUT2D eigenvalue weighted by Crippen LogP contribution is 2.30. The normalized spacial score (nSPS) is 10.9. The Balaban J connectivity index is 1.97. The molecule has 0 heterocycles. The van der Waals surface area contributed by atoms with Gasteiger partial charge in [-0.15, -0.1) is 0 Å². The number of carbonyl (C=O) groups is 1. The number of nitro groups is 1. The smallest absolute Gasteiger partial charge is 0.387 e. The minimum atomic E-state index is -2.98. The first kappa shape index (κ1) is 20.8. The van der Waals surface area contributed by atoms with Gasteiger partial charge >= 0.3 is 12.6 Å². The highest BCUT2D eigenvalue weighted by Gasteiger charge is 2.11. The Labute approximate surface area is 159 Å². The van der Waals surface area contributed by atoms with E-state index in [9.17, 15) is 23.7 Å². The molecule has 0 aliphatic carbocycles. The first-order chi connectivity index (χ1) is 13.4. The highest BCUT2D eigenvalue weighted by atomic mass is 19.3. The molecule has 0 amide bonds. The maximum Gasteiger partial charge on any atom is 0.387 e. The van der Waals surface area contributed by atoms with E-state index in [0.29, 0.717) is 11.1 Å². The molecule has 2 aromatic carbocycles. The second-order valence-corrected chi connectivity index (χ2v) is 5.38. The van der Waals surface area contributed by atoms with Crippen LogP contribution in [0.3, 0.4) is 0 Å². The zero-order chi connectivity index (χ0) is 20.5. The molecule has 7 nitrogen and oxygen atoms in total. The fraction of sp³-hybridized carbons (Fsp3) is 0.211. The molecule has 0 radical (unpaired) electrons. The summed E-state index contributed by atoms with van der Waals surface area (Å²) in [4.78, 5) is 21.9. The van der Waals surface area contributed by atoms with Gasteiger partial charge in [0.2, 0.25) is 0 Å². The van der Waals surface area contributed by atoms with Gasteiger partial charge < -0.3 is 14.2 Å². The molecule has 0 aliphatic rings. The lowest BCUT2D eigenvalue weighted by molar-refractivity contribution is -0.384. The SMILES string of the molecule is CCOc1cc(/C=C/C(=O)OCc2ccc([N+](=O)[O-])cc2)ccc1OC(F)F. The second kappa shape index (κ2) is 10.0. The van der Waals surface area contributed by atoms with Crippen molar-refractivity contribution >= 4 is 17.7 Å². The summed E-state index contributed by atoms with van der Waals surface area (Å²) in [6.45, 7) is -1.07. The molecule has 9 heteroatoms. The molecule has 0 atom stereocenters. The first-order valence-electron chi connectivity index (χ1n) is 8.19. The van der Waals surface area contributed by atoms with Crippen LogP contribution in [0.1, 0.15) is 18.1 Å². The fourth-order valence-electron chi connectivity index (χ4n) is 2.17. The van der Waals surface area contributed by atoms with Crippen LogP contribution in [0, 0.1) is 10.1 Å². The van der Waals surface area contributed by atoms with E-state index in [0.717, 1.165) is 0 Å². The fourth-order valence-corrected chi connectivity index (χ4v) is 2.17. The maximum absolute atomic E-state index is 12.4. The quantitative estimate of drug-likeness (QED) is 0.272. The third-order valence-corrected chi connectivity index (χ3v) is 3.42. The number of esters is 1. The van der Waals surface area contributed by atoms with Crippen molar-refractivity contribution in [3.8, 4) is 11.5 Å². The zero-order valence-corrected chi connectivity index (χ0v) is 14.8. The molecule has 0 bridgehead atoms. The Bertz CT molecular complexity index is 852. The van der Waals surface area contributed by atoms with Crippen LogP contribution < -0.4 is 9.47 Å². The van der Waals surface area contributed by atoms with Crippen LogP contribution in [0.5, 0.6) is 11.5 Å². The van der Waals surface area contributed by atoms with Crippen molar-refractivity contribution < 1.29 is 32.7 Å². The minimum Gasteiger partial charge on any atom is -0.490 e. The number of nitrogens with zero attached hydrogens (tertiary/aromatic N) is 1. The minimum absolute atomic E-state index is 0.0491. The predicted octanol–water partition coefficient (Wildman–Crippen LogP) is 4.35. The number of hydrogen-bond donors (Lipinski definition) is 0. The van der Waals surface area contributed by atoms with Crippen molar-refractivity contribution in [3.05, 3.63) is 69.8 Å². The van der Waals surface area contributed by atoms with E-state index in [1.807, 2.05) is 0 Å². The van der Waals surface area contributed by atoms with Gasteiger partial charge in [-0.2, -0.15) is 8.78 Å². The molecule has 0 N–H and O–H groups in total.